The van der Waals surface area contributed by atoms with Crippen LogP contribution in [0, 0.1) is 5.92 Å². The van der Waals surface area contributed by atoms with Gasteiger partial charge in [-0.2, -0.15) is 13.2 Å². The zero-order chi connectivity index (χ0) is 13.6. The highest BCUT2D eigenvalue weighted by Crippen LogP contribution is 2.37. The molecule has 0 amide bonds. The van der Waals surface area contributed by atoms with Crippen molar-refractivity contribution in [2.24, 2.45) is 5.92 Å². The molecule has 1 aliphatic carbocycles. The second-order valence-corrected chi connectivity index (χ2v) is 5.19. The van der Waals surface area contributed by atoms with Gasteiger partial charge in [-0.3, -0.25) is 0 Å². The molecule has 104 valence electrons. The Labute approximate surface area is 108 Å². The van der Waals surface area contributed by atoms with Crippen LogP contribution >= 0.6 is 0 Å². The molecule has 4 nitrogen and oxygen atoms in total. The molecule has 7 heteroatoms. The van der Waals surface area contributed by atoms with Crippen LogP contribution in [0.25, 0.3) is 0 Å². The van der Waals surface area contributed by atoms with Gasteiger partial charge in [0.2, 0.25) is 5.88 Å². The Hall–Kier alpha value is -1.37. The third-order valence-electron chi connectivity index (χ3n) is 3.92. The van der Waals surface area contributed by atoms with E-state index in [0.29, 0.717) is 18.2 Å². The van der Waals surface area contributed by atoms with Gasteiger partial charge >= 0.3 is 6.18 Å². The quantitative estimate of drug-likeness (QED) is 0.895. The number of alkyl halides is 3. The predicted octanol–water partition coefficient (Wildman–Crippen LogP) is 2.01. The lowest BCUT2D eigenvalue weighted by molar-refractivity contribution is -0.141. The maximum absolute atomic E-state index is 12.3. The standard InChI is InChI=1S/C12H14F3N3O/c1-6-7-2-8(18-6)9(3-7)19-11-5-16-10(4-17-11)12(13,14)15/h4-9,18H,2-3H2,1H3. The van der Waals surface area contributed by atoms with Crippen LogP contribution in [-0.4, -0.2) is 28.2 Å². The first kappa shape index (κ1) is 12.7. The zero-order valence-electron chi connectivity index (χ0n) is 10.3. The Kier molecular flexibility index (Phi) is 2.88. The van der Waals surface area contributed by atoms with Crippen LogP contribution in [0.5, 0.6) is 5.88 Å². The predicted molar refractivity (Wildman–Crippen MR) is 60.6 cm³/mol. The van der Waals surface area contributed by atoms with Gasteiger partial charge in [-0.25, -0.2) is 9.97 Å². The number of hydrogen-bond donors (Lipinski definition) is 1. The minimum Gasteiger partial charge on any atom is -0.472 e. The minimum atomic E-state index is -4.46. The number of hydrogen-bond acceptors (Lipinski definition) is 4. The van der Waals surface area contributed by atoms with Crippen molar-refractivity contribution in [2.75, 3.05) is 0 Å². The van der Waals surface area contributed by atoms with Crippen LogP contribution in [0.15, 0.2) is 12.4 Å². The molecule has 4 unspecified atom stereocenters. The molecule has 0 radical (unpaired) electrons. The Bertz CT molecular complexity index is 460. The van der Waals surface area contributed by atoms with Crippen LogP contribution in [0.4, 0.5) is 13.2 Å². The van der Waals surface area contributed by atoms with Gasteiger partial charge in [-0.15, -0.1) is 0 Å². The van der Waals surface area contributed by atoms with E-state index in [2.05, 4.69) is 22.2 Å². The molecule has 1 saturated carbocycles. The molecular formula is C12H14F3N3O. The van der Waals surface area contributed by atoms with Crippen molar-refractivity contribution in [1.82, 2.24) is 15.3 Å². The summed E-state index contributed by atoms with van der Waals surface area (Å²) in [5.41, 5.74) is -1.00. The molecule has 4 atom stereocenters. The second kappa shape index (κ2) is 4.33. The van der Waals surface area contributed by atoms with Crippen molar-refractivity contribution in [3.63, 3.8) is 0 Å². The average molecular weight is 273 g/mol. The van der Waals surface area contributed by atoms with E-state index in [1.807, 2.05) is 0 Å². The molecule has 2 fully saturated rings. The molecular weight excluding hydrogens is 259 g/mol. The minimum absolute atomic E-state index is 0.0211. The Morgan fingerprint density at radius 3 is 2.53 bits per heavy atom. The van der Waals surface area contributed by atoms with E-state index in [1.54, 1.807) is 0 Å². The molecule has 2 aliphatic rings. The lowest BCUT2D eigenvalue weighted by Gasteiger charge is -2.27. The Morgan fingerprint density at radius 2 is 2.05 bits per heavy atom. The number of ether oxygens (including phenoxy) is 1. The van der Waals surface area contributed by atoms with Crippen LogP contribution in [-0.2, 0) is 6.18 Å². The number of nitrogens with zero attached hydrogens (tertiary/aromatic N) is 2. The van der Waals surface area contributed by atoms with Gasteiger partial charge < -0.3 is 10.1 Å². The highest BCUT2D eigenvalue weighted by Gasteiger charge is 2.45. The van der Waals surface area contributed by atoms with Gasteiger partial charge in [0.25, 0.3) is 0 Å². The summed E-state index contributed by atoms with van der Waals surface area (Å²) in [6.45, 7) is 2.14. The van der Waals surface area contributed by atoms with Crippen LogP contribution in [0.3, 0.4) is 0 Å². The highest BCUT2D eigenvalue weighted by atomic mass is 19.4. The fourth-order valence-corrected chi connectivity index (χ4v) is 2.90. The summed E-state index contributed by atoms with van der Waals surface area (Å²) in [6, 6.07) is 0.757. The van der Waals surface area contributed by atoms with E-state index in [4.69, 9.17) is 4.74 Å². The van der Waals surface area contributed by atoms with Crippen molar-refractivity contribution in [3.05, 3.63) is 18.1 Å². The molecule has 3 rings (SSSR count). The van der Waals surface area contributed by atoms with Crippen LogP contribution < -0.4 is 10.1 Å². The highest BCUT2D eigenvalue weighted by molar-refractivity contribution is 5.12. The fraction of sp³-hybridized carbons (Fsp3) is 0.667. The fourth-order valence-electron chi connectivity index (χ4n) is 2.90. The number of rotatable bonds is 2. The van der Waals surface area contributed by atoms with Crippen molar-refractivity contribution in [3.8, 4) is 5.88 Å². The molecule has 1 aromatic heterocycles. The van der Waals surface area contributed by atoms with Gasteiger partial charge in [0.05, 0.1) is 12.4 Å². The summed E-state index contributed by atoms with van der Waals surface area (Å²) in [4.78, 5) is 7.01. The Balaban J connectivity index is 1.65. The first-order chi connectivity index (χ1) is 8.93. The van der Waals surface area contributed by atoms with Gasteiger partial charge in [-0.05, 0) is 25.7 Å². The molecule has 2 heterocycles. The van der Waals surface area contributed by atoms with Gasteiger partial charge in [-0.1, -0.05) is 0 Å². The number of piperidine rings is 1. The first-order valence-electron chi connectivity index (χ1n) is 6.25. The second-order valence-electron chi connectivity index (χ2n) is 5.19. The molecule has 1 N–H and O–H groups in total. The van der Waals surface area contributed by atoms with E-state index in [0.717, 1.165) is 19.0 Å². The van der Waals surface area contributed by atoms with Gasteiger partial charge in [0.15, 0.2) is 5.69 Å². The summed E-state index contributed by atoms with van der Waals surface area (Å²) in [5.74, 6) is 0.734. The number of fused-ring (bicyclic) bond motifs is 2. The van der Waals surface area contributed by atoms with Gasteiger partial charge in [0, 0.05) is 12.1 Å². The lowest BCUT2D eigenvalue weighted by atomic mass is 10.0. The first-order valence-corrected chi connectivity index (χ1v) is 6.25. The monoisotopic (exact) mass is 273 g/mol. The summed E-state index contributed by atoms with van der Waals surface area (Å²) >= 11 is 0. The van der Waals surface area contributed by atoms with E-state index in [9.17, 15) is 13.2 Å². The molecule has 0 spiro atoms. The van der Waals surface area contributed by atoms with Crippen molar-refractivity contribution < 1.29 is 17.9 Å². The number of aromatic nitrogens is 2. The molecule has 1 saturated heterocycles. The smallest absolute Gasteiger partial charge is 0.434 e. The van der Waals surface area contributed by atoms with E-state index in [-0.39, 0.29) is 18.0 Å². The average Bonchev–Trinajstić information content (AvgIpc) is 2.87. The zero-order valence-corrected chi connectivity index (χ0v) is 10.3. The summed E-state index contributed by atoms with van der Waals surface area (Å²) in [5, 5.41) is 3.41. The van der Waals surface area contributed by atoms with Gasteiger partial charge in [0.1, 0.15) is 6.10 Å². The summed E-state index contributed by atoms with van der Waals surface area (Å²) in [7, 11) is 0. The van der Waals surface area contributed by atoms with E-state index in [1.165, 1.54) is 0 Å². The molecule has 1 aromatic rings. The van der Waals surface area contributed by atoms with Crippen molar-refractivity contribution in [1.29, 1.82) is 0 Å². The molecule has 0 aromatic carbocycles. The largest absolute Gasteiger partial charge is 0.472 e. The molecule has 2 bridgehead atoms. The lowest BCUT2D eigenvalue weighted by Crippen LogP contribution is -2.44. The molecule has 19 heavy (non-hydrogen) atoms. The molecule has 1 aliphatic heterocycles. The third-order valence-corrected chi connectivity index (χ3v) is 3.92. The SMILES string of the molecule is CC1NC2CC1CC2Oc1cnc(C(F)(F)F)cn1. The maximum Gasteiger partial charge on any atom is 0.434 e. The van der Waals surface area contributed by atoms with Crippen molar-refractivity contribution >= 4 is 0 Å². The van der Waals surface area contributed by atoms with E-state index < -0.39 is 11.9 Å². The van der Waals surface area contributed by atoms with E-state index >= 15 is 0 Å². The van der Waals surface area contributed by atoms with Crippen molar-refractivity contribution in [2.45, 2.75) is 44.1 Å². The maximum atomic E-state index is 12.3. The third kappa shape index (κ3) is 2.39. The number of halogens is 3. The topological polar surface area (TPSA) is 47.0 Å². The number of nitrogens with one attached hydrogen (secondary N) is 1. The normalized spacial score (nSPS) is 33.7. The van der Waals surface area contributed by atoms with Crippen LogP contribution in [0.2, 0.25) is 0 Å². The Morgan fingerprint density at radius 1 is 1.26 bits per heavy atom. The summed E-state index contributed by atoms with van der Waals surface area (Å²) < 4.78 is 42.6. The summed E-state index contributed by atoms with van der Waals surface area (Å²) in [6.07, 6.45) is -0.764. The van der Waals surface area contributed by atoms with Crippen LogP contribution in [0.1, 0.15) is 25.5 Å².